The molecule has 1 aliphatic carbocycles. The maximum Gasteiger partial charge on any atom is 0.472 e. The molecule has 0 aromatic carbocycles. The van der Waals surface area contributed by atoms with E-state index in [0.29, 0.717) is 25.7 Å². The zero-order valence-corrected chi connectivity index (χ0v) is 39.0. The number of carbonyl (C=O) groups is 2. The molecule has 364 valence electrons. The van der Waals surface area contributed by atoms with Gasteiger partial charge >= 0.3 is 19.8 Å². The van der Waals surface area contributed by atoms with Gasteiger partial charge in [0, 0.05) is 12.8 Å². The van der Waals surface area contributed by atoms with Gasteiger partial charge in [0.05, 0.1) is 12.7 Å². The van der Waals surface area contributed by atoms with E-state index < -0.39 is 75.7 Å². The Morgan fingerprint density at radius 3 is 1.41 bits per heavy atom. The van der Waals surface area contributed by atoms with E-state index in [-0.39, 0.29) is 18.9 Å². The fraction of sp³-hybridized carbons (Fsp3) is 0.633. The first-order valence-electron chi connectivity index (χ1n) is 23.1. The molecular weight excluding hydrogens is 843 g/mol. The van der Waals surface area contributed by atoms with Gasteiger partial charge in [0.25, 0.3) is 0 Å². The molecule has 0 spiro atoms. The third-order valence-electron chi connectivity index (χ3n) is 10.1. The molecule has 3 unspecified atom stereocenters. The summed E-state index contributed by atoms with van der Waals surface area (Å²) in [5.41, 5.74) is 0. The van der Waals surface area contributed by atoms with Crippen molar-refractivity contribution in [3.63, 3.8) is 0 Å². The number of unbranched alkanes of at least 4 members (excludes halogenated alkanes) is 5. The average molecular weight is 923 g/mol. The summed E-state index contributed by atoms with van der Waals surface area (Å²) in [6, 6.07) is 0. The highest BCUT2D eigenvalue weighted by molar-refractivity contribution is 7.47. The number of hydrogen-bond donors (Lipinski definition) is 7. The number of hydrogen-bond acceptors (Lipinski definition) is 13. The third kappa shape index (κ3) is 30.0. The molecule has 0 bridgehead atoms. The predicted octanol–water partition coefficient (Wildman–Crippen LogP) is 8.02. The third-order valence-corrected chi connectivity index (χ3v) is 11.0. The standard InChI is InChI=1S/C49H79O14P/c1-3-5-6-7-8-9-10-11-12-13-14-19-22-25-28-31-34-37-43(52)62-41(39-61-64(58,59)63-49-47(56)45(54)44(53)46(55)48(49)57)38-60-42(51)36-33-30-27-24-21-18-16-15-17-20-23-26-29-32-35-40(50)4-2/h8-9,11-12,14,16-20,24-29,40-41,44-50,53-57H,3-7,10,13,15,21-23,30-39H2,1-2H3,(H,58,59)/b9-8-,12-11-,18-16-,19-14-,20-17-,27-24-,28-25-,29-26-/t40-,41+,44?,45-,46+,47+,48+,49?/m0/s1. The molecular formula is C49H79O14P. The van der Waals surface area contributed by atoms with E-state index in [0.717, 1.165) is 64.2 Å². The van der Waals surface area contributed by atoms with Crippen molar-refractivity contribution >= 4 is 19.8 Å². The van der Waals surface area contributed by atoms with Crippen molar-refractivity contribution in [2.45, 2.75) is 185 Å². The van der Waals surface area contributed by atoms with Gasteiger partial charge in [-0.3, -0.25) is 18.6 Å². The van der Waals surface area contributed by atoms with Crippen molar-refractivity contribution in [2.24, 2.45) is 0 Å². The van der Waals surface area contributed by atoms with Crippen molar-refractivity contribution < 1.29 is 68.2 Å². The van der Waals surface area contributed by atoms with Crippen molar-refractivity contribution in [3.05, 3.63) is 97.2 Å². The molecule has 7 N–H and O–H groups in total. The zero-order chi connectivity index (χ0) is 47.3. The lowest BCUT2D eigenvalue weighted by molar-refractivity contribution is -0.220. The average Bonchev–Trinajstić information content (AvgIpc) is 3.28. The van der Waals surface area contributed by atoms with Crippen LogP contribution in [0.3, 0.4) is 0 Å². The Hall–Kier alpha value is -3.27. The molecule has 14 nitrogen and oxygen atoms in total. The fourth-order valence-electron chi connectivity index (χ4n) is 6.13. The van der Waals surface area contributed by atoms with Crippen LogP contribution in [0, 0.1) is 0 Å². The smallest absolute Gasteiger partial charge is 0.462 e. The summed E-state index contributed by atoms with van der Waals surface area (Å²) in [7, 11) is -5.16. The second-order valence-electron chi connectivity index (χ2n) is 15.7. The van der Waals surface area contributed by atoms with Crippen LogP contribution < -0.4 is 0 Å². The minimum atomic E-state index is -5.16. The molecule has 0 saturated heterocycles. The van der Waals surface area contributed by atoms with Crippen molar-refractivity contribution in [2.75, 3.05) is 13.2 Å². The summed E-state index contributed by atoms with van der Waals surface area (Å²) in [5, 5.41) is 59.7. The normalized spacial score (nSPS) is 23.0. The molecule has 9 atom stereocenters. The zero-order valence-electron chi connectivity index (χ0n) is 38.1. The second kappa shape index (κ2) is 37.9. The van der Waals surface area contributed by atoms with Crippen LogP contribution in [0.15, 0.2) is 97.2 Å². The number of aliphatic hydroxyl groups excluding tert-OH is 6. The van der Waals surface area contributed by atoms with E-state index >= 15 is 0 Å². The molecule has 0 aromatic heterocycles. The number of allylic oxidation sites excluding steroid dienone is 16. The van der Waals surface area contributed by atoms with Gasteiger partial charge in [0.1, 0.15) is 43.2 Å². The minimum absolute atomic E-state index is 0.00354. The molecule has 0 aliphatic heterocycles. The lowest BCUT2D eigenvalue weighted by Gasteiger charge is -2.41. The molecule has 1 saturated carbocycles. The summed E-state index contributed by atoms with van der Waals surface area (Å²) in [6.07, 6.45) is 34.1. The number of rotatable bonds is 36. The highest BCUT2D eigenvalue weighted by Crippen LogP contribution is 2.47. The van der Waals surface area contributed by atoms with Crippen molar-refractivity contribution in [1.29, 1.82) is 0 Å². The van der Waals surface area contributed by atoms with Crippen LogP contribution in [0.5, 0.6) is 0 Å². The maximum absolute atomic E-state index is 12.8. The second-order valence-corrected chi connectivity index (χ2v) is 17.1. The van der Waals surface area contributed by atoms with Gasteiger partial charge in [-0.05, 0) is 96.3 Å². The Labute approximate surface area is 382 Å². The van der Waals surface area contributed by atoms with Crippen LogP contribution in [0.2, 0.25) is 0 Å². The monoisotopic (exact) mass is 923 g/mol. The first-order valence-corrected chi connectivity index (χ1v) is 24.6. The lowest BCUT2D eigenvalue weighted by Crippen LogP contribution is -2.64. The van der Waals surface area contributed by atoms with E-state index in [1.54, 1.807) is 0 Å². The molecule has 0 heterocycles. The van der Waals surface area contributed by atoms with Crippen LogP contribution >= 0.6 is 7.82 Å². The SMILES string of the molecule is CCCCC/C=C\C/C=C\C/C=C\C/C=C\CCCC(=O)O[C@H](COC(=O)CCC/C=C\C/C=C\C/C=C\C/C=C\CC[C@@H](O)CC)COP(=O)(O)OC1[C@H](O)[C@H](O)C(O)[C@H](O)[C@H]1O. The maximum atomic E-state index is 12.8. The topological polar surface area (TPSA) is 230 Å². The Kier molecular flexibility index (Phi) is 34.8. The van der Waals surface area contributed by atoms with Crippen molar-refractivity contribution in [3.8, 4) is 0 Å². The molecule has 1 aliphatic rings. The van der Waals surface area contributed by atoms with E-state index in [4.69, 9.17) is 18.5 Å². The van der Waals surface area contributed by atoms with Gasteiger partial charge in [-0.1, -0.05) is 124 Å². The summed E-state index contributed by atoms with van der Waals surface area (Å²) in [6.45, 7) is 2.88. The number of aliphatic hydroxyl groups is 6. The quantitative estimate of drug-likeness (QED) is 0.0137. The molecule has 64 heavy (non-hydrogen) atoms. The Morgan fingerprint density at radius 1 is 0.547 bits per heavy atom. The molecule has 1 rings (SSSR count). The molecule has 0 amide bonds. The Morgan fingerprint density at radius 2 is 0.953 bits per heavy atom. The number of phosphoric ester groups is 1. The van der Waals surface area contributed by atoms with Crippen LogP contribution in [-0.2, 0) is 32.7 Å². The molecule has 1 fully saturated rings. The highest BCUT2D eigenvalue weighted by atomic mass is 31.2. The van der Waals surface area contributed by atoms with E-state index in [1.165, 1.54) is 19.3 Å². The van der Waals surface area contributed by atoms with Crippen LogP contribution in [0.1, 0.15) is 136 Å². The van der Waals surface area contributed by atoms with Gasteiger partial charge in [0.15, 0.2) is 6.10 Å². The largest absolute Gasteiger partial charge is 0.472 e. The Bertz CT molecular complexity index is 1500. The van der Waals surface area contributed by atoms with E-state index in [9.17, 15) is 49.7 Å². The van der Waals surface area contributed by atoms with Gasteiger partial charge in [-0.2, -0.15) is 0 Å². The van der Waals surface area contributed by atoms with Crippen LogP contribution in [0.25, 0.3) is 0 Å². The number of carbonyl (C=O) groups excluding carboxylic acids is 2. The summed E-state index contributed by atoms with van der Waals surface area (Å²) in [4.78, 5) is 35.7. The molecule has 0 aromatic rings. The predicted molar refractivity (Wildman–Crippen MR) is 250 cm³/mol. The number of ether oxygens (including phenoxy) is 2. The lowest BCUT2D eigenvalue weighted by atomic mass is 9.85. The fourth-order valence-corrected chi connectivity index (χ4v) is 7.11. The van der Waals surface area contributed by atoms with Gasteiger partial charge < -0.3 is 45.0 Å². The van der Waals surface area contributed by atoms with Crippen LogP contribution in [-0.4, -0.2) is 110 Å². The Balaban J connectivity index is 2.56. The number of phosphoric acid groups is 1. The van der Waals surface area contributed by atoms with Gasteiger partial charge in [0.2, 0.25) is 0 Å². The summed E-state index contributed by atoms with van der Waals surface area (Å²) >= 11 is 0. The first kappa shape index (κ1) is 58.7. The minimum Gasteiger partial charge on any atom is -0.462 e. The van der Waals surface area contributed by atoms with Crippen LogP contribution in [0.4, 0.5) is 0 Å². The number of esters is 2. The first-order chi connectivity index (χ1) is 30.8. The molecule has 0 radical (unpaired) electrons. The van der Waals surface area contributed by atoms with Crippen molar-refractivity contribution in [1.82, 2.24) is 0 Å². The van der Waals surface area contributed by atoms with Gasteiger partial charge in [-0.25, -0.2) is 4.57 Å². The van der Waals surface area contributed by atoms with E-state index in [1.807, 2.05) is 31.2 Å². The van der Waals surface area contributed by atoms with E-state index in [2.05, 4.69) is 79.8 Å². The summed E-state index contributed by atoms with van der Waals surface area (Å²) in [5.74, 6) is -1.26. The molecule has 15 heteroatoms. The highest BCUT2D eigenvalue weighted by Gasteiger charge is 2.51. The summed E-state index contributed by atoms with van der Waals surface area (Å²) < 4.78 is 33.4. The van der Waals surface area contributed by atoms with Gasteiger partial charge in [-0.15, -0.1) is 0 Å².